The number of nitrogens with zero attached hydrogens (tertiary/aromatic N) is 2. The molecule has 0 amide bonds. The van der Waals surface area contributed by atoms with Crippen molar-refractivity contribution in [2.24, 2.45) is 0 Å². The number of aromatic hydroxyl groups is 1. The zero-order valence-corrected chi connectivity index (χ0v) is 15.5. The minimum atomic E-state index is -0.655. The van der Waals surface area contributed by atoms with Crippen molar-refractivity contribution in [2.45, 2.75) is 46.4 Å². The largest absolute Gasteiger partial charge is 0.508 e. The molecule has 0 aliphatic heterocycles. The Morgan fingerprint density at radius 1 is 1.15 bits per heavy atom. The quantitative estimate of drug-likeness (QED) is 0.632. The molecule has 0 aliphatic carbocycles. The van der Waals surface area contributed by atoms with Crippen LogP contribution >= 0.6 is 0 Å². The number of hydrogen-bond acceptors (Lipinski definition) is 5. The number of nitrogens with one attached hydrogen (secondary N) is 1. The van der Waals surface area contributed by atoms with E-state index in [1.165, 1.54) is 0 Å². The van der Waals surface area contributed by atoms with Crippen LogP contribution in [0.4, 0.5) is 0 Å². The van der Waals surface area contributed by atoms with Gasteiger partial charge < -0.3 is 24.6 Å². The zero-order valence-electron chi connectivity index (χ0n) is 15.5. The highest BCUT2D eigenvalue weighted by Crippen LogP contribution is 2.23. The second-order valence-electron chi connectivity index (χ2n) is 6.73. The highest BCUT2D eigenvalue weighted by atomic mass is 16.5. The third-order valence-electron chi connectivity index (χ3n) is 4.70. The second-order valence-corrected chi connectivity index (χ2v) is 6.73. The van der Waals surface area contributed by atoms with Crippen LogP contribution in [0, 0.1) is 20.8 Å². The van der Waals surface area contributed by atoms with Gasteiger partial charge in [0.1, 0.15) is 11.5 Å². The molecule has 3 aromatic rings. The Balaban J connectivity index is 1.70. The van der Waals surface area contributed by atoms with Crippen molar-refractivity contribution < 1.29 is 14.7 Å². The maximum absolute atomic E-state index is 10.5. The lowest BCUT2D eigenvalue weighted by Crippen LogP contribution is -2.31. The Bertz CT molecular complexity index is 880. The number of aromatic nitrogens is 2. The van der Waals surface area contributed by atoms with Gasteiger partial charge in [0.25, 0.3) is 0 Å². The van der Waals surface area contributed by atoms with Crippen molar-refractivity contribution in [1.29, 1.82) is 0 Å². The Kier molecular flexibility index (Phi) is 5.15. The van der Waals surface area contributed by atoms with Crippen molar-refractivity contribution in [3.05, 3.63) is 64.7 Å². The third kappa shape index (κ3) is 3.66. The standard InChI is InChI=1S/C20H25N3O3/c1-12-9-17(15(4)23(12)19-10-13(2)26-22-19)11-21-14(3)20(25)16-5-7-18(24)8-6-16/h5-10,14,20-21,24-25H,11H2,1-4H3. The van der Waals surface area contributed by atoms with Gasteiger partial charge in [0.15, 0.2) is 5.82 Å². The number of aliphatic hydroxyl groups is 1. The fourth-order valence-corrected chi connectivity index (χ4v) is 3.16. The lowest BCUT2D eigenvalue weighted by atomic mass is 10.0. The van der Waals surface area contributed by atoms with Crippen LogP contribution in [0.5, 0.6) is 5.75 Å². The summed E-state index contributed by atoms with van der Waals surface area (Å²) in [4.78, 5) is 0. The van der Waals surface area contributed by atoms with E-state index in [2.05, 4.69) is 28.0 Å². The van der Waals surface area contributed by atoms with Gasteiger partial charge in [0.2, 0.25) is 0 Å². The summed E-state index contributed by atoms with van der Waals surface area (Å²) in [5.41, 5.74) is 4.09. The zero-order chi connectivity index (χ0) is 18.8. The molecule has 2 atom stereocenters. The Hall–Kier alpha value is -2.57. The van der Waals surface area contributed by atoms with Crippen molar-refractivity contribution in [3.8, 4) is 11.6 Å². The molecule has 2 aromatic heterocycles. The van der Waals surface area contributed by atoms with E-state index < -0.39 is 6.10 Å². The molecule has 0 radical (unpaired) electrons. The van der Waals surface area contributed by atoms with E-state index in [1.54, 1.807) is 24.3 Å². The smallest absolute Gasteiger partial charge is 0.180 e. The predicted molar refractivity (Wildman–Crippen MR) is 99.4 cm³/mol. The molecule has 2 unspecified atom stereocenters. The molecule has 0 saturated heterocycles. The molecule has 138 valence electrons. The lowest BCUT2D eigenvalue weighted by molar-refractivity contribution is 0.135. The molecule has 0 fully saturated rings. The van der Waals surface area contributed by atoms with E-state index in [9.17, 15) is 10.2 Å². The fourth-order valence-electron chi connectivity index (χ4n) is 3.16. The molecule has 2 heterocycles. The van der Waals surface area contributed by atoms with Gasteiger partial charge in [-0.2, -0.15) is 0 Å². The summed E-state index contributed by atoms with van der Waals surface area (Å²) in [6.45, 7) is 8.54. The van der Waals surface area contributed by atoms with Gasteiger partial charge in [-0.15, -0.1) is 0 Å². The Morgan fingerprint density at radius 3 is 2.46 bits per heavy atom. The molecule has 3 N–H and O–H groups in total. The van der Waals surface area contributed by atoms with E-state index in [0.29, 0.717) is 6.54 Å². The van der Waals surface area contributed by atoms with Gasteiger partial charge in [0, 0.05) is 30.0 Å². The van der Waals surface area contributed by atoms with Gasteiger partial charge >= 0.3 is 0 Å². The molecule has 0 saturated carbocycles. The van der Waals surface area contributed by atoms with E-state index in [-0.39, 0.29) is 11.8 Å². The molecule has 0 aliphatic rings. The molecule has 3 rings (SSSR count). The number of phenols is 1. The number of phenolic OH excluding ortho intramolecular Hbond substituents is 1. The maximum Gasteiger partial charge on any atom is 0.180 e. The number of aryl methyl sites for hydroxylation is 2. The topological polar surface area (TPSA) is 83.5 Å². The summed E-state index contributed by atoms with van der Waals surface area (Å²) < 4.78 is 7.25. The first-order valence-electron chi connectivity index (χ1n) is 8.68. The average molecular weight is 355 g/mol. The summed E-state index contributed by atoms with van der Waals surface area (Å²) in [7, 11) is 0. The molecular formula is C20H25N3O3. The van der Waals surface area contributed by atoms with Gasteiger partial charge in [0.05, 0.1) is 6.10 Å². The molecule has 1 aromatic carbocycles. The SMILES string of the molecule is Cc1cc(-n2c(C)cc(CNC(C)C(O)c3ccc(O)cc3)c2C)no1. The van der Waals surface area contributed by atoms with Crippen molar-refractivity contribution in [3.63, 3.8) is 0 Å². The fraction of sp³-hybridized carbons (Fsp3) is 0.350. The summed E-state index contributed by atoms with van der Waals surface area (Å²) in [6.07, 6.45) is -0.655. The monoisotopic (exact) mass is 355 g/mol. The third-order valence-corrected chi connectivity index (χ3v) is 4.70. The number of aliphatic hydroxyl groups excluding tert-OH is 1. The molecule has 6 heteroatoms. The molecule has 0 spiro atoms. The summed E-state index contributed by atoms with van der Waals surface area (Å²) in [6, 6.07) is 10.5. The average Bonchev–Trinajstić information content (AvgIpc) is 3.15. The molecule has 0 bridgehead atoms. The van der Waals surface area contributed by atoms with Crippen LogP contribution in [0.15, 0.2) is 40.9 Å². The first kappa shape index (κ1) is 18.2. The van der Waals surface area contributed by atoms with E-state index >= 15 is 0 Å². The maximum atomic E-state index is 10.5. The van der Waals surface area contributed by atoms with Gasteiger partial charge in [-0.1, -0.05) is 17.3 Å². The van der Waals surface area contributed by atoms with E-state index in [1.807, 2.05) is 26.8 Å². The summed E-state index contributed by atoms with van der Waals surface area (Å²) >= 11 is 0. The van der Waals surface area contributed by atoms with Crippen LogP contribution in [0.25, 0.3) is 5.82 Å². The van der Waals surface area contributed by atoms with Crippen LogP contribution in [0.1, 0.15) is 41.3 Å². The van der Waals surface area contributed by atoms with Crippen molar-refractivity contribution >= 4 is 0 Å². The Labute approximate surface area is 153 Å². The lowest BCUT2D eigenvalue weighted by Gasteiger charge is -2.21. The first-order chi connectivity index (χ1) is 12.4. The highest BCUT2D eigenvalue weighted by Gasteiger charge is 2.18. The minimum absolute atomic E-state index is 0.142. The van der Waals surface area contributed by atoms with Crippen LogP contribution in [-0.2, 0) is 6.54 Å². The van der Waals surface area contributed by atoms with Gasteiger partial charge in [-0.3, -0.25) is 0 Å². The number of hydrogen-bond donors (Lipinski definition) is 3. The van der Waals surface area contributed by atoms with Crippen molar-refractivity contribution in [2.75, 3.05) is 0 Å². The number of benzene rings is 1. The van der Waals surface area contributed by atoms with E-state index in [4.69, 9.17) is 4.52 Å². The molecule has 6 nitrogen and oxygen atoms in total. The van der Waals surface area contributed by atoms with Gasteiger partial charge in [-0.25, -0.2) is 0 Å². The predicted octanol–water partition coefficient (Wildman–Crippen LogP) is 3.31. The normalized spacial score (nSPS) is 13.7. The highest BCUT2D eigenvalue weighted by molar-refractivity contribution is 5.36. The Morgan fingerprint density at radius 2 is 1.85 bits per heavy atom. The number of rotatable bonds is 6. The van der Waals surface area contributed by atoms with Crippen molar-refractivity contribution in [1.82, 2.24) is 15.0 Å². The summed E-state index contributed by atoms with van der Waals surface area (Å²) in [5, 5.41) is 27.3. The second kappa shape index (κ2) is 7.35. The van der Waals surface area contributed by atoms with Crippen LogP contribution in [-0.4, -0.2) is 26.0 Å². The molecule has 26 heavy (non-hydrogen) atoms. The summed E-state index contributed by atoms with van der Waals surface area (Å²) in [5.74, 6) is 1.75. The minimum Gasteiger partial charge on any atom is -0.508 e. The van der Waals surface area contributed by atoms with Gasteiger partial charge in [-0.05, 0) is 57.0 Å². The van der Waals surface area contributed by atoms with Crippen LogP contribution in [0.3, 0.4) is 0 Å². The molecular weight excluding hydrogens is 330 g/mol. The van der Waals surface area contributed by atoms with Crippen LogP contribution < -0.4 is 5.32 Å². The van der Waals surface area contributed by atoms with Crippen LogP contribution in [0.2, 0.25) is 0 Å². The van der Waals surface area contributed by atoms with E-state index in [0.717, 1.165) is 34.1 Å². The first-order valence-corrected chi connectivity index (χ1v) is 8.68.